The Morgan fingerprint density at radius 3 is 2.61 bits per heavy atom. The minimum Gasteiger partial charge on any atom is -0.468 e. The monoisotopic (exact) mass is 269 g/mol. The number of nitrogens with one attached hydrogen (secondary N) is 1. The molecule has 0 aliphatic heterocycles. The summed E-state index contributed by atoms with van der Waals surface area (Å²) >= 11 is 1.72. The van der Waals surface area contributed by atoms with Crippen LogP contribution in [0.3, 0.4) is 0 Å². The number of hydrogen-bond donors (Lipinski definition) is 1. The zero-order chi connectivity index (χ0) is 13.5. The first-order chi connectivity index (χ1) is 8.63. The normalized spacial score (nSPS) is 16.0. The van der Waals surface area contributed by atoms with Crippen molar-refractivity contribution in [2.75, 3.05) is 7.11 Å². The first-order valence-electron chi connectivity index (χ1n) is 6.51. The van der Waals surface area contributed by atoms with E-state index in [-0.39, 0.29) is 24.0 Å². The van der Waals surface area contributed by atoms with Crippen LogP contribution >= 0.6 is 11.3 Å². The van der Waals surface area contributed by atoms with E-state index in [1.54, 1.807) is 11.3 Å². The topological polar surface area (TPSA) is 38.3 Å². The van der Waals surface area contributed by atoms with Crippen molar-refractivity contribution in [3.8, 4) is 0 Å². The van der Waals surface area contributed by atoms with Crippen molar-refractivity contribution in [3.63, 3.8) is 0 Å². The maximum Gasteiger partial charge on any atom is 0.323 e. The molecular weight excluding hydrogens is 246 g/mol. The Morgan fingerprint density at radius 1 is 1.44 bits per heavy atom. The van der Waals surface area contributed by atoms with Crippen LogP contribution in [0.5, 0.6) is 0 Å². The number of ether oxygens (including phenoxy) is 1. The van der Waals surface area contributed by atoms with Gasteiger partial charge in [0.25, 0.3) is 0 Å². The summed E-state index contributed by atoms with van der Waals surface area (Å²) in [6, 6.07) is 4.15. The Labute approximate surface area is 114 Å². The summed E-state index contributed by atoms with van der Waals surface area (Å²) in [6.07, 6.45) is 1.91. The second-order valence-electron chi connectivity index (χ2n) is 4.53. The average Bonchev–Trinajstić information content (AvgIpc) is 2.92. The Hall–Kier alpha value is -0.870. The summed E-state index contributed by atoms with van der Waals surface area (Å²) in [5, 5.41) is 5.51. The van der Waals surface area contributed by atoms with Crippen molar-refractivity contribution in [2.45, 2.75) is 45.7 Å². The molecule has 0 fully saturated rings. The lowest BCUT2D eigenvalue weighted by molar-refractivity contribution is -0.144. The molecule has 0 aliphatic rings. The van der Waals surface area contributed by atoms with Gasteiger partial charge < -0.3 is 4.74 Å². The van der Waals surface area contributed by atoms with Crippen LogP contribution in [-0.4, -0.2) is 19.1 Å². The van der Waals surface area contributed by atoms with Gasteiger partial charge in [-0.05, 0) is 23.8 Å². The SMILES string of the molecule is CCC(NC(C(=O)OC)C(C)CC)c1cccs1. The van der Waals surface area contributed by atoms with E-state index < -0.39 is 0 Å². The molecule has 4 heteroatoms. The van der Waals surface area contributed by atoms with Crippen LogP contribution in [0, 0.1) is 5.92 Å². The molecule has 0 spiro atoms. The summed E-state index contributed by atoms with van der Waals surface area (Å²) < 4.78 is 4.90. The van der Waals surface area contributed by atoms with E-state index in [2.05, 4.69) is 37.5 Å². The van der Waals surface area contributed by atoms with Gasteiger partial charge in [0.05, 0.1) is 7.11 Å². The summed E-state index contributed by atoms with van der Waals surface area (Å²) in [5.74, 6) is 0.103. The molecule has 1 rings (SSSR count). The summed E-state index contributed by atoms with van der Waals surface area (Å²) in [6.45, 7) is 6.30. The maximum absolute atomic E-state index is 11.9. The molecule has 0 aromatic carbocycles. The van der Waals surface area contributed by atoms with Gasteiger partial charge in [0.15, 0.2) is 0 Å². The number of thiophene rings is 1. The van der Waals surface area contributed by atoms with Crippen LogP contribution in [0.2, 0.25) is 0 Å². The molecule has 0 radical (unpaired) electrons. The summed E-state index contributed by atoms with van der Waals surface area (Å²) in [4.78, 5) is 13.1. The van der Waals surface area contributed by atoms with Gasteiger partial charge in [-0.2, -0.15) is 0 Å². The van der Waals surface area contributed by atoms with Gasteiger partial charge >= 0.3 is 5.97 Å². The van der Waals surface area contributed by atoms with E-state index in [4.69, 9.17) is 4.74 Å². The highest BCUT2D eigenvalue weighted by molar-refractivity contribution is 7.10. The Balaban J connectivity index is 2.78. The van der Waals surface area contributed by atoms with Crippen LogP contribution in [-0.2, 0) is 9.53 Å². The van der Waals surface area contributed by atoms with Crippen LogP contribution in [0.1, 0.15) is 44.5 Å². The third-order valence-electron chi connectivity index (χ3n) is 3.34. The average molecular weight is 269 g/mol. The smallest absolute Gasteiger partial charge is 0.323 e. The number of rotatable bonds is 7. The van der Waals surface area contributed by atoms with Crippen molar-refractivity contribution in [3.05, 3.63) is 22.4 Å². The molecule has 1 heterocycles. The molecule has 3 atom stereocenters. The molecule has 0 saturated carbocycles. The molecule has 3 unspecified atom stereocenters. The van der Waals surface area contributed by atoms with Crippen LogP contribution < -0.4 is 5.32 Å². The lowest BCUT2D eigenvalue weighted by Gasteiger charge is -2.26. The van der Waals surface area contributed by atoms with Crippen molar-refractivity contribution in [1.29, 1.82) is 0 Å². The van der Waals surface area contributed by atoms with E-state index >= 15 is 0 Å². The molecule has 18 heavy (non-hydrogen) atoms. The van der Waals surface area contributed by atoms with Gasteiger partial charge in [-0.3, -0.25) is 10.1 Å². The van der Waals surface area contributed by atoms with E-state index in [9.17, 15) is 4.79 Å². The highest BCUT2D eigenvalue weighted by atomic mass is 32.1. The minimum absolute atomic E-state index is 0.167. The molecule has 0 bridgehead atoms. The lowest BCUT2D eigenvalue weighted by atomic mass is 9.97. The standard InChI is InChI=1S/C14H23NO2S/c1-5-10(3)13(14(16)17-4)15-11(6-2)12-8-7-9-18-12/h7-11,13,15H,5-6H2,1-4H3. The van der Waals surface area contributed by atoms with Gasteiger partial charge in [-0.1, -0.05) is 33.3 Å². The zero-order valence-corrected chi connectivity index (χ0v) is 12.4. The third kappa shape index (κ3) is 3.82. The first-order valence-corrected chi connectivity index (χ1v) is 7.39. The number of esters is 1. The highest BCUT2D eigenvalue weighted by Gasteiger charge is 2.27. The van der Waals surface area contributed by atoms with Gasteiger partial charge in [0, 0.05) is 10.9 Å². The summed E-state index contributed by atoms with van der Waals surface area (Å²) in [5.41, 5.74) is 0. The zero-order valence-electron chi connectivity index (χ0n) is 11.6. The van der Waals surface area contributed by atoms with Crippen LogP contribution in [0.4, 0.5) is 0 Å². The molecular formula is C14H23NO2S. The molecule has 1 N–H and O–H groups in total. The Kier molecular flexibility index (Phi) is 6.36. The van der Waals surface area contributed by atoms with E-state index in [1.165, 1.54) is 12.0 Å². The number of carbonyl (C=O) groups excluding carboxylic acids is 1. The number of hydrogen-bond acceptors (Lipinski definition) is 4. The second-order valence-corrected chi connectivity index (χ2v) is 5.51. The predicted octanol–water partition coefficient (Wildman–Crippen LogP) is 3.38. The largest absolute Gasteiger partial charge is 0.468 e. The predicted molar refractivity (Wildman–Crippen MR) is 75.7 cm³/mol. The fourth-order valence-corrected chi connectivity index (χ4v) is 2.81. The fourth-order valence-electron chi connectivity index (χ4n) is 1.93. The quantitative estimate of drug-likeness (QED) is 0.771. The molecule has 0 aliphatic carbocycles. The Morgan fingerprint density at radius 2 is 2.17 bits per heavy atom. The molecule has 1 aromatic rings. The molecule has 0 saturated heterocycles. The van der Waals surface area contributed by atoms with E-state index in [0.717, 1.165) is 12.8 Å². The first kappa shape index (κ1) is 15.2. The molecule has 3 nitrogen and oxygen atoms in total. The highest BCUT2D eigenvalue weighted by Crippen LogP contribution is 2.24. The Bertz CT molecular complexity index is 351. The molecule has 1 aromatic heterocycles. The van der Waals surface area contributed by atoms with Crippen LogP contribution in [0.25, 0.3) is 0 Å². The fraction of sp³-hybridized carbons (Fsp3) is 0.643. The van der Waals surface area contributed by atoms with E-state index in [1.807, 2.05) is 6.07 Å². The number of carbonyl (C=O) groups is 1. The van der Waals surface area contributed by atoms with Crippen LogP contribution in [0.15, 0.2) is 17.5 Å². The molecule has 0 amide bonds. The maximum atomic E-state index is 11.9. The third-order valence-corrected chi connectivity index (χ3v) is 4.33. The minimum atomic E-state index is -0.230. The number of methoxy groups -OCH3 is 1. The van der Waals surface area contributed by atoms with Gasteiger partial charge in [0.2, 0.25) is 0 Å². The lowest BCUT2D eigenvalue weighted by Crippen LogP contribution is -2.44. The van der Waals surface area contributed by atoms with Crippen molar-refractivity contribution >= 4 is 17.3 Å². The second kappa shape index (κ2) is 7.54. The van der Waals surface area contributed by atoms with Gasteiger partial charge in [-0.15, -0.1) is 11.3 Å². The van der Waals surface area contributed by atoms with Crippen molar-refractivity contribution < 1.29 is 9.53 Å². The van der Waals surface area contributed by atoms with E-state index in [0.29, 0.717) is 0 Å². The van der Waals surface area contributed by atoms with Gasteiger partial charge in [0.1, 0.15) is 6.04 Å². The van der Waals surface area contributed by atoms with Crippen molar-refractivity contribution in [1.82, 2.24) is 5.32 Å². The summed E-state index contributed by atoms with van der Waals surface area (Å²) in [7, 11) is 1.45. The molecule has 102 valence electrons. The van der Waals surface area contributed by atoms with Crippen molar-refractivity contribution in [2.24, 2.45) is 5.92 Å². The van der Waals surface area contributed by atoms with Gasteiger partial charge in [-0.25, -0.2) is 0 Å².